The minimum absolute atomic E-state index is 0.0162. The van der Waals surface area contributed by atoms with Crippen LogP contribution in [0.15, 0.2) is 53.4 Å². The van der Waals surface area contributed by atoms with Crippen molar-refractivity contribution in [3.63, 3.8) is 0 Å². The van der Waals surface area contributed by atoms with Gasteiger partial charge in [0.25, 0.3) is 11.8 Å². The van der Waals surface area contributed by atoms with E-state index in [1.807, 2.05) is 30.3 Å². The highest BCUT2D eigenvalue weighted by atomic mass is 32.2. The number of amides is 2. The van der Waals surface area contributed by atoms with Gasteiger partial charge in [0, 0.05) is 35.8 Å². The molecule has 2 aromatic rings. The molecule has 0 saturated carbocycles. The van der Waals surface area contributed by atoms with Crippen LogP contribution < -0.4 is 15.5 Å². The van der Waals surface area contributed by atoms with Gasteiger partial charge in [0.1, 0.15) is 5.37 Å². The van der Waals surface area contributed by atoms with Crippen LogP contribution in [0.2, 0.25) is 0 Å². The van der Waals surface area contributed by atoms with Gasteiger partial charge in [-0.15, -0.1) is 0 Å². The van der Waals surface area contributed by atoms with Crippen LogP contribution in [0.4, 0.5) is 11.4 Å². The van der Waals surface area contributed by atoms with Gasteiger partial charge in [0.2, 0.25) is 0 Å². The van der Waals surface area contributed by atoms with Crippen molar-refractivity contribution < 1.29 is 9.59 Å². The number of hydrogen-bond donors (Lipinski definition) is 2. The van der Waals surface area contributed by atoms with Crippen molar-refractivity contribution in [2.45, 2.75) is 42.9 Å². The fourth-order valence-electron chi connectivity index (χ4n) is 4.32. The first-order chi connectivity index (χ1) is 15.7. The number of nitrogens with one attached hydrogen (secondary N) is 2. The Labute approximate surface area is 194 Å². The lowest BCUT2D eigenvalue weighted by molar-refractivity contribution is -0.118. The molecule has 0 aliphatic carbocycles. The molecule has 2 aliphatic heterocycles. The molecule has 7 heteroatoms. The number of piperidine rings is 1. The summed E-state index contributed by atoms with van der Waals surface area (Å²) in [6.45, 7) is 6.51. The quantitative estimate of drug-likeness (QED) is 0.588. The Morgan fingerprint density at radius 2 is 1.94 bits per heavy atom. The predicted molar refractivity (Wildman–Crippen MR) is 131 cm³/mol. The first-order valence-corrected chi connectivity index (χ1v) is 12.5. The fraction of sp³-hybridized carbons (Fsp3) is 0.440. The van der Waals surface area contributed by atoms with Gasteiger partial charge >= 0.3 is 0 Å². The SMILES string of the molecule is CCN(CCCNC(=O)c1ccc2c(c1)NC(=O)C(N1CCCCC1)S2)c1ccccc1. The third kappa shape index (κ3) is 5.45. The van der Waals surface area contributed by atoms with E-state index in [0.717, 1.165) is 56.0 Å². The maximum absolute atomic E-state index is 12.7. The van der Waals surface area contributed by atoms with Crippen LogP contribution in [-0.2, 0) is 4.79 Å². The largest absolute Gasteiger partial charge is 0.372 e. The van der Waals surface area contributed by atoms with Gasteiger partial charge in [-0.25, -0.2) is 0 Å². The Morgan fingerprint density at radius 1 is 1.16 bits per heavy atom. The van der Waals surface area contributed by atoms with E-state index in [9.17, 15) is 9.59 Å². The summed E-state index contributed by atoms with van der Waals surface area (Å²) in [5, 5.41) is 5.86. The van der Waals surface area contributed by atoms with E-state index < -0.39 is 0 Å². The topological polar surface area (TPSA) is 64.7 Å². The van der Waals surface area contributed by atoms with Gasteiger partial charge < -0.3 is 15.5 Å². The highest BCUT2D eigenvalue weighted by molar-refractivity contribution is 8.00. The normalized spacial score (nSPS) is 18.5. The average molecular weight is 453 g/mol. The number of thioether (sulfide) groups is 1. The number of benzene rings is 2. The van der Waals surface area contributed by atoms with Gasteiger partial charge in [-0.1, -0.05) is 36.4 Å². The second-order valence-electron chi connectivity index (χ2n) is 8.29. The zero-order valence-corrected chi connectivity index (χ0v) is 19.5. The van der Waals surface area contributed by atoms with Crippen LogP contribution in [0.5, 0.6) is 0 Å². The molecule has 2 aromatic carbocycles. The fourth-order valence-corrected chi connectivity index (χ4v) is 5.47. The highest BCUT2D eigenvalue weighted by Crippen LogP contribution is 2.38. The molecule has 0 radical (unpaired) electrons. The lowest BCUT2D eigenvalue weighted by Gasteiger charge is -2.35. The number of carbonyl (C=O) groups excluding carboxylic acids is 2. The Hall–Kier alpha value is -2.51. The molecule has 4 rings (SSSR count). The monoisotopic (exact) mass is 452 g/mol. The van der Waals surface area contributed by atoms with E-state index in [0.29, 0.717) is 12.1 Å². The van der Waals surface area contributed by atoms with Crippen molar-refractivity contribution in [2.75, 3.05) is 42.9 Å². The van der Waals surface area contributed by atoms with Crippen LogP contribution >= 0.6 is 11.8 Å². The Morgan fingerprint density at radius 3 is 2.69 bits per heavy atom. The minimum atomic E-state index is -0.173. The molecule has 2 aliphatic rings. The van der Waals surface area contributed by atoms with Gasteiger partial charge in [-0.05, 0) is 69.6 Å². The summed E-state index contributed by atoms with van der Waals surface area (Å²) >= 11 is 1.59. The van der Waals surface area contributed by atoms with Gasteiger partial charge in [-0.3, -0.25) is 14.5 Å². The lowest BCUT2D eigenvalue weighted by atomic mass is 10.1. The summed E-state index contributed by atoms with van der Waals surface area (Å²) < 4.78 is 0. The maximum atomic E-state index is 12.7. The highest BCUT2D eigenvalue weighted by Gasteiger charge is 2.33. The summed E-state index contributed by atoms with van der Waals surface area (Å²) in [4.78, 5) is 30.9. The zero-order valence-electron chi connectivity index (χ0n) is 18.7. The molecule has 170 valence electrons. The van der Waals surface area contributed by atoms with Crippen molar-refractivity contribution in [3.8, 4) is 0 Å². The molecule has 2 N–H and O–H groups in total. The molecule has 1 atom stereocenters. The summed E-state index contributed by atoms with van der Waals surface area (Å²) in [5.74, 6) is -0.0875. The standard InChI is InChI=1S/C25H32N4O2S/c1-2-28(20-10-5-3-6-11-20)17-9-14-26-23(30)19-12-13-22-21(18-19)27-24(31)25(32-22)29-15-7-4-8-16-29/h3,5-6,10-13,18,25H,2,4,7-9,14-17H2,1H3,(H,26,30)(H,27,31). The van der Waals surface area contributed by atoms with Crippen LogP contribution in [0.25, 0.3) is 0 Å². The zero-order chi connectivity index (χ0) is 22.3. The number of carbonyl (C=O) groups is 2. The number of para-hydroxylation sites is 1. The van der Waals surface area contributed by atoms with Crippen LogP contribution in [-0.4, -0.2) is 54.8 Å². The second-order valence-corrected chi connectivity index (χ2v) is 9.41. The van der Waals surface area contributed by atoms with Crippen LogP contribution in [0.3, 0.4) is 0 Å². The first-order valence-electron chi connectivity index (χ1n) is 11.6. The molecule has 1 saturated heterocycles. The van der Waals surface area contributed by atoms with Crippen molar-refractivity contribution in [1.82, 2.24) is 10.2 Å². The molecule has 0 aromatic heterocycles. The van der Waals surface area contributed by atoms with E-state index in [2.05, 4.69) is 39.5 Å². The third-order valence-electron chi connectivity index (χ3n) is 6.08. The Bertz CT molecular complexity index is 931. The van der Waals surface area contributed by atoms with Gasteiger partial charge in [0.15, 0.2) is 0 Å². The molecular weight excluding hydrogens is 420 g/mol. The van der Waals surface area contributed by atoms with E-state index in [1.54, 1.807) is 17.8 Å². The van der Waals surface area contributed by atoms with E-state index in [1.165, 1.54) is 12.1 Å². The lowest BCUT2D eigenvalue weighted by Crippen LogP contribution is -2.46. The molecule has 2 heterocycles. The molecule has 0 bridgehead atoms. The van der Waals surface area contributed by atoms with Crippen LogP contribution in [0.1, 0.15) is 43.0 Å². The summed E-state index contributed by atoms with van der Waals surface area (Å²) in [7, 11) is 0. The molecule has 0 spiro atoms. The smallest absolute Gasteiger partial charge is 0.252 e. The number of nitrogens with zero attached hydrogens (tertiary/aromatic N) is 2. The minimum Gasteiger partial charge on any atom is -0.372 e. The van der Waals surface area contributed by atoms with E-state index in [-0.39, 0.29) is 17.2 Å². The number of hydrogen-bond acceptors (Lipinski definition) is 5. The first kappa shape index (κ1) is 22.7. The maximum Gasteiger partial charge on any atom is 0.252 e. The predicted octanol–water partition coefficient (Wildman–Crippen LogP) is 4.19. The summed E-state index contributed by atoms with van der Waals surface area (Å²) in [6.07, 6.45) is 4.41. The number of anilines is 2. The molecule has 6 nitrogen and oxygen atoms in total. The summed E-state index contributed by atoms with van der Waals surface area (Å²) in [5.41, 5.74) is 2.52. The average Bonchev–Trinajstić information content (AvgIpc) is 2.84. The molecule has 1 unspecified atom stereocenters. The number of likely N-dealkylation sites (tertiary alicyclic amines) is 1. The van der Waals surface area contributed by atoms with Gasteiger partial charge in [-0.2, -0.15) is 0 Å². The molecular formula is C25H32N4O2S. The van der Waals surface area contributed by atoms with Crippen molar-refractivity contribution in [2.24, 2.45) is 0 Å². The summed E-state index contributed by atoms with van der Waals surface area (Å²) in [6, 6.07) is 15.9. The van der Waals surface area contributed by atoms with Crippen molar-refractivity contribution >= 4 is 35.0 Å². The van der Waals surface area contributed by atoms with E-state index in [4.69, 9.17) is 0 Å². The number of rotatable bonds is 8. The molecule has 1 fully saturated rings. The molecule has 2 amide bonds. The Balaban J connectivity index is 1.29. The van der Waals surface area contributed by atoms with E-state index >= 15 is 0 Å². The van der Waals surface area contributed by atoms with Crippen molar-refractivity contribution in [3.05, 3.63) is 54.1 Å². The Kier molecular flexibility index (Phi) is 7.71. The second kappa shape index (κ2) is 10.9. The molecule has 32 heavy (non-hydrogen) atoms. The number of fused-ring (bicyclic) bond motifs is 1. The van der Waals surface area contributed by atoms with Gasteiger partial charge in [0.05, 0.1) is 5.69 Å². The van der Waals surface area contributed by atoms with Crippen LogP contribution in [0, 0.1) is 0 Å². The third-order valence-corrected chi connectivity index (χ3v) is 7.42. The van der Waals surface area contributed by atoms with Crippen molar-refractivity contribution in [1.29, 1.82) is 0 Å².